The molecule has 1 unspecified atom stereocenters. The predicted molar refractivity (Wildman–Crippen MR) is 189 cm³/mol. The van der Waals surface area contributed by atoms with Gasteiger partial charge in [0.15, 0.2) is 0 Å². The largest absolute Gasteiger partial charge is 1.00 e. The average Bonchev–Trinajstić information content (AvgIpc) is 3.78. The zero-order valence-corrected chi connectivity index (χ0v) is 30.7. The molecule has 244 valence electrons. The minimum absolute atomic E-state index is 0. The van der Waals surface area contributed by atoms with Gasteiger partial charge in [0.05, 0.1) is 0 Å². The van der Waals surface area contributed by atoms with Crippen LogP contribution in [-0.2, 0) is 27.4 Å². The van der Waals surface area contributed by atoms with Crippen molar-refractivity contribution in [1.82, 2.24) is 0 Å². The van der Waals surface area contributed by atoms with Crippen molar-refractivity contribution >= 4 is 35.5 Å². The molecule has 0 amide bonds. The summed E-state index contributed by atoms with van der Waals surface area (Å²) >= 11 is -3.30. The fourth-order valence-corrected chi connectivity index (χ4v) is 17.2. The van der Waals surface area contributed by atoms with Gasteiger partial charge in [-0.3, -0.25) is 0 Å². The molecule has 1 atom stereocenters. The normalized spacial score (nSPS) is 14.9. The van der Waals surface area contributed by atoms with Gasteiger partial charge in [-0.2, -0.15) is 0 Å². The van der Waals surface area contributed by atoms with E-state index in [0.717, 1.165) is 26.0 Å². The van der Waals surface area contributed by atoms with E-state index >= 15 is 0 Å². The first-order valence-electron chi connectivity index (χ1n) is 16.3. The minimum atomic E-state index is -4.45. The summed E-state index contributed by atoms with van der Waals surface area (Å²) < 4.78 is 45.7. The number of halogens is 5. The molecule has 0 nitrogen and oxygen atoms in total. The van der Waals surface area contributed by atoms with Gasteiger partial charge in [0, 0.05) is 0 Å². The van der Waals surface area contributed by atoms with Crippen LogP contribution in [0.3, 0.4) is 0 Å². The van der Waals surface area contributed by atoms with E-state index in [4.69, 9.17) is 0 Å². The molecule has 0 aromatic heterocycles. The van der Waals surface area contributed by atoms with Crippen LogP contribution in [0, 0.1) is 0 Å². The molecule has 0 fully saturated rings. The first kappa shape index (κ1) is 34.4. The maximum Gasteiger partial charge on any atom is -1.00 e. The maximum absolute atomic E-state index is 14.4. The maximum atomic E-state index is 14.4. The molecule has 6 heteroatoms. The van der Waals surface area contributed by atoms with Crippen molar-refractivity contribution in [3.8, 4) is 11.1 Å². The first-order chi connectivity index (χ1) is 23.5. The van der Waals surface area contributed by atoms with E-state index in [9.17, 15) is 13.2 Å². The number of hydrogen-bond donors (Lipinski definition) is 0. The van der Waals surface area contributed by atoms with Gasteiger partial charge in [-0.15, -0.1) is 0 Å². The Kier molecular flexibility index (Phi) is 9.33. The molecule has 0 spiro atoms. The predicted octanol–water partition coefficient (Wildman–Crippen LogP) is 5.97. The molecule has 9 rings (SSSR count). The summed E-state index contributed by atoms with van der Waals surface area (Å²) in [5, 5.41) is 7.07. The third-order valence-corrected chi connectivity index (χ3v) is 18.2. The topological polar surface area (TPSA) is 0 Å². The van der Waals surface area contributed by atoms with Gasteiger partial charge in [0.25, 0.3) is 0 Å². The Morgan fingerprint density at radius 3 is 1.98 bits per heavy atom. The van der Waals surface area contributed by atoms with Gasteiger partial charge in [-0.25, -0.2) is 0 Å². The molecule has 2 aliphatic rings. The number of benzene rings is 7. The number of hydrogen-bond acceptors (Lipinski definition) is 0. The van der Waals surface area contributed by atoms with Gasteiger partial charge in [-0.05, 0) is 0 Å². The zero-order chi connectivity index (χ0) is 32.4. The van der Waals surface area contributed by atoms with E-state index in [1.54, 1.807) is 6.07 Å². The Morgan fingerprint density at radius 2 is 1.24 bits per heavy atom. The second-order valence-corrected chi connectivity index (χ2v) is 18.9. The Bertz CT molecular complexity index is 2540. The minimum Gasteiger partial charge on any atom is -1.00 e. The van der Waals surface area contributed by atoms with Crippen LogP contribution < -0.4 is 24.8 Å². The smallest absolute Gasteiger partial charge is 1.00 e. The number of fused-ring (bicyclic) bond motifs is 9. The summed E-state index contributed by atoms with van der Waals surface area (Å²) in [6.45, 7) is 0. The van der Waals surface area contributed by atoms with Gasteiger partial charge < -0.3 is 24.8 Å². The van der Waals surface area contributed by atoms with Crippen LogP contribution in [0.4, 0.5) is 13.2 Å². The second-order valence-electron chi connectivity index (χ2n) is 12.6. The summed E-state index contributed by atoms with van der Waals surface area (Å²) in [5.74, 6) is 0. The Morgan fingerprint density at radius 1 is 0.620 bits per heavy atom. The number of allylic oxidation sites excluding steroid dienone is 4. The summed E-state index contributed by atoms with van der Waals surface area (Å²) in [6, 6.07) is 46.9. The number of alkyl halides is 3. The van der Waals surface area contributed by atoms with E-state index in [-0.39, 0.29) is 28.4 Å². The molecule has 0 aliphatic heterocycles. The molecule has 2 aliphatic carbocycles. The average molecular weight is 777 g/mol. The van der Waals surface area contributed by atoms with E-state index in [0.29, 0.717) is 5.56 Å². The van der Waals surface area contributed by atoms with Crippen LogP contribution >= 0.6 is 0 Å². The van der Waals surface area contributed by atoms with Crippen LogP contribution in [-0.4, -0.2) is 3.21 Å². The molecule has 0 saturated carbocycles. The molecule has 7 aromatic rings. The molecular formula is C44H29Cl2F3Zr. The molecule has 0 N–H and O–H groups in total. The molecule has 7 aromatic carbocycles. The first-order valence-corrected chi connectivity index (χ1v) is 20.2. The molecule has 0 saturated heterocycles. The summed E-state index contributed by atoms with van der Waals surface area (Å²) in [7, 11) is 0. The zero-order valence-electron chi connectivity index (χ0n) is 26.7. The monoisotopic (exact) mass is 774 g/mol. The van der Waals surface area contributed by atoms with Gasteiger partial charge in [0.1, 0.15) is 0 Å². The van der Waals surface area contributed by atoms with E-state index in [1.165, 1.54) is 59.2 Å². The molecule has 0 heterocycles. The molecule has 0 radical (unpaired) electrons. The van der Waals surface area contributed by atoms with Crippen LogP contribution in [0.15, 0.2) is 161 Å². The van der Waals surface area contributed by atoms with E-state index < -0.39 is 33.0 Å². The van der Waals surface area contributed by atoms with Crippen LogP contribution in [0.25, 0.3) is 43.4 Å². The SMILES string of the molecule is FC(F)(F)c1cccc(/[C](c2cccc3ccccc23)=[Zr+2](\[C]2=CC=CC2)[CH]2c3ccccc3-c3c2c2ccccc2c2ccccc32)c1.[Cl-].[Cl-]. The Balaban J connectivity index is 0.00000196. The third-order valence-electron chi connectivity index (χ3n) is 10.0. The number of rotatable bonds is 4. The van der Waals surface area contributed by atoms with E-state index in [1.807, 2.05) is 18.2 Å². The molecular weight excluding hydrogens is 748 g/mol. The van der Waals surface area contributed by atoms with Crippen molar-refractivity contribution < 1.29 is 59.3 Å². The second kappa shape index (κ2) is 13.6. The van der Waals surface area contributed by atoms with Gasteiger partial charge in [0.2, 0.25) is 0 Å². The fourth-order valence-electron chi connectivity index (χ4n) is 8.08. The quantitative estimate of drug-likeness (QED) is 0.194. The fraction of sp³-hybridized carbons (Fsp3) is 0.0682. The molecule has 50 heavy (non-hydrogen) atoms. The van der Waals surface area contributed by atoms with Crippen LogP contribution in [0.5, 0.6) is 0 Å². The summed E-state index contributed by atoms with van der Waals surface area (Å²) in [6.07, 6.45) is 3.00. The standard InChI is InChI=1S/C21H13.C18H11F3.C5H5.2ClH.Zr/c1-2-8-15-14(7-1)13-20-18-11-4-3-9-16(18)17-10-5-6-12-19(17)21(15)20;19-18(20,21)16-9-3-5-13(12-16)11-15-8-4-7-14-6-1-2-10-17(14)15;1-2-4-5-3-1;;;/h1-13H;1-10,12H;1-3H,4H2;2*1H;/q;;;;;+2/p-2. The van der Waals surface area contributed by atoms with Gasteiger partial charge in [-0.1, -0.05) is 0 Å². The third kappa shape index (κ3) is 5.53. The van der Waals surface area contributed by atoms with Crippen molar-refractivity contribution in [2.45, 2.75) is 16.2 Å². The van der Waals surface area contributed by atoms with Crippen molar-refractivity contribution in [2.75, 3.05) is 0 Å². The van der Waals surface area contributed by atoms with Crippen molar-refractivity contribution in [2.24, 2.45) is 0 Å². The molecule has 0 bridgehead atoms. The van der Waals surface area contributed by atoms with Crippen molar-refractivity contribution in [3.05, 3.63) is 189 Å². The van der Waals surface area contributed by atoms with Crippen LogP contribution in [0.1, 0.15) is 37.9 Å². The van der Waals surface area contributed by atoms with Gasteiger partial charge >= 0.3 is 286 Å². The van der Waals surface area contributed by atoms with E-state index in [2.05, 4.69) is 121 Å². The summed E-state index contributed by atoms with van der Waals surface area (Å²) in [4.78, 5) is 0. The summed E-state index contributed by atoms with van der Waals surface area (Å²) in [5.41, 5.74) is 6.26. The van der Waals surface area contributed by atoms with Crippen molar-refractivity contribution in [3.63, 3.8) is 0 Å². The Hall–Kier alpha value is -4.08. The van der Waals surface area contributed by atoms with Crippen molar-refractivity contribution in [1.29, 1.82) is 0 Å². The Labute approximate surface area is 308 Å². The van der Waals surface area contributed by atoms with Crippen LogP contribution in [0.2, 0.25) is 0 Å².